The largest absolute Gasteiger partial charge is 0.500 e. The highest BCUT2D eigenvalue weighted by Gasteiger charge is 2.36. The molecule has 0 aromatic heterocycles. The molecule has 27 heavy (non-hydrogen) atoms. The Balaban J connectivity index is 3.19. The van der Waals surface area contributed by atoms with E-state index >= 15 is 0 Å². The molecule has 0 amide bonds. The molecule has 0 saturated heterocycles. The third kappa shape index (κ3) is 17.4. The summed E-state index contributed by atoms with van der Waals surface area (Å²) in [6, 6.07) is 0.939. The van der Waals surface area contributed by atoms with Gasteiger partial charge in [0.1, 0.15) is 0 Å². The van der Waals surface area contributed by atoms with Crippen molar-refractivity contribution >= 4 is 31.4 Å². The normalized spacial score (nSPS) is 12.0. The predicted molar refractivity (Wildman–Crippen MR) is 129 cm³/mol. The van der Waals surface area contributed by atoms with Gasteiger partial charge in [0, 0.05) is 27.4 Å². The third-order valence-corrected chi connectivity index (χ3v) is 9.14. The van der Waals surface area contributed by atoms with Gasteiger partial charge in [0.2, 0.25) is 0 Å². The fraction of sp³-hybridized carbons (Fsp3) is 1.00. The Morgan fingerprint density at radius 1 is 0.444 bits per heavy atom. The highest BCUT2D eigenvalue weighted by atomic mass is 127. The summed E-state index contributed by atoms with van der Waals surface area (Å²) in [4.78, 5) is 0. The number of rotatable bonds is 22. The van der Waals surface area contributed by atoms with Crippen LogP contribution >= 0.6 is 22.6 Å². The molecule has 164 valence electrons. The van der Waals surface area contributed by atoms with Gasteiger partial charge in [-0.1, -0.05) is 119 Å². The van der Waals surface area contributed by atoms with Gasteiger partial charge in [-0.2, -0.15) is 0 Å². The van der Waals surface area contributed by atoms with E-state index in [9.17, 15) is 0 Å². The van der Waals surface area contributed by atoms with E-state index in [-0.39, 0.29) is 0 Å². The Kier molecular flexibility index (Phi) is 22.2. The van der Waals surface area contributed by atoms with Gasteiger partial charge < -0.3 is 13.3 Å². The fourth-order valence-corrected chi connectivity index (χ4v) is 5.98. The smallest absolute Gasteiger partial charge is 0.377 e. The van der Waals surface area contributed by atoms with Gasteiger partial charge in [0.15, 0.2) is 0 Å². The van der Waals surface area contributed by atoms with Gasteiger partial charge in [-0.3, -0.25) is 0 Å². The van der Waals surface area contributed by atoms with Crippen LogP contribution in [-0.2, 0) is 13.3 Å². The first-order valence-electron chi connectivity index (χ1n) is 11.5. The van der Waals surface area contributed by atoms with E-state index in [0.29, 0.717) is 0 Å². The maximum absolute atomic E-state index is 5.46. The van der Waals surface area contributed by atoms with Gasteiger partial charge in [0.05, 0.1) is 0 Å². The zero-order valence-electron chi connectivity index (χ0n) is 18.5. The molecule has 0 atom stereocenters. The second kappa shape index (κ2) is 21.5. The van der Waals surface area contributed by atoms with Crippen LogP contribution in [0, 0.1) is 0 Å². The topological polar surface area (TPSA) is 27.7 Å². The maximum Gasteiger partial charge on any atom is 0.500 e. The van der Waals surface area contributed by atoms with Crippen LogP contribution in [0.2, 0.25) is 6.04 Å². The third-order valence-electron chi connectivity index (χ3n) is 5.55. The lowest BCUT2D eigenvalue weighted by atomic mass is 10.0. The molecule has 0 aliphatic heterocycles. The van der Waals surface area contributed by atoms with Crippen molar-refractivity contribution in [1.82, 2.24) is 0 Å². The van der Waals surface area contributed by atoms with Gasteiger partial charge in [-0.05, 0) is 17.3 Å². The second-order valence-electron chi connectivity index (χ2n) is 7.74. The number of hydrogen-bond donors (Lipinski definition) is 0. The van der Waals surface area contributed by atoms with E-state index in [0.717, 1.165) is 12.5 Å². The van der Waals surface area contributed by atoms with Crippen LogP contribution < -0.4 is 0 Å². The molecule has 0 fully saturated rings. The van der Waals surface area contributed by atoms with E-state index < -0.39 is 8.80 Å². The zero-order valence-corrected chi connectivity index (χ0v) is 21.7. The quantitative estimate of drug-likeness (QED) is 0.0635. The lowest BCUT2D eigenvalue weighted by Gasteiger charge is -2.24. The maximum atomic E-state index is 5.46. The van der Waals surface area contributed by atoms with Crippen LogP contribution in [0.4, 0.5) is 0 Å². The van der Waals surface area contributed by atoms with Crippen molar-refractivity contribution in [3.63, 3.8) is 0 Å². The fourth-order valence-electron chi connectivity index (χ4n) is 3.64. The summed E-state index contributed by atoms with van der Waals surface area (Å²) in [5.41, 5.74) is 0. The molecule has 5 heteroatoms. The second-order valence-corrected chi connectivity index (χ2v) is 11.9. The monoisotopic (exact) mass is 514 g/mol. The molecule has 0 aromatic rings. The first-order valence-corrected chi connectivity index (χ1v) is 14.9. The Hall–Kier alpha value is 0.827. The molecule has 0 unspecified atom stereocenters. The molecule has 0 rings (SSSR count). The first-order chi connectivity index (χ1) is 13.2. The molecule has 0 aromatic carbocycles. The van der Waals surface area contributed by atoms with E-state index in [1.807, 2.05) is 0 Å². The lowest BCUT2D eigenvalue weighted by molar-refractivity contribution is 0.122. The first kappa shape index (κ1) is 27.8. The molecular formula is C22H47IO3Si. The average Bonchev–Trinajstić information content (AvgIpc) is 2.70. The summed E-state index contributed by atoms with van der Waals surface area (Å²) >= 11 is 2.48. The minimum Gasteiger partial charge on any atom is -0.377 e. The van der Waals surface area contributed by atoms with Gasteiger partial charge in [-0.25, -0.2) is 0 Å². The van der Waals surface area contributed by atoms with Gasteiger partial charge in [-0.15, -0.1) is 0 Å². The Morgan fingerprint density at radius 3 is 0.963 bits per heavy atom. The molecule has 3 nitrogen and oxygen atoms in total. The summed E-state index contributed by atoms with van der Waals surface area (Å²) in [6.07, 6.45) is 23.9. The summed E-state index contributed by atoms with van der Waals surface area (Å²) < 4.78 is 17.7. The minimum absolute atomic E-state index is 0.939. The van der Waals surface area contributed by atoms with Crippen LogP contribution in [0.25, 0.3) is 0 Å². The molecule has 0 bridgehead atoms. The Labute approximate surface area is 185 Å². The molecule has 0 heterocycles. The number of halogens is 1. The van der Waals surface area contributed by atoms with Crippen LogP contribution in [-0.4, -0.2) is 34.6 Å². The SMILES string of the molecule is CO[Si](CCCCCCCCCCCCCCCCCCCI)(OC)OC. The number of unbranched alkanes of at least 4 members (excludes halogenated alkanes) is 16. The van der Waals surface area contributed by atoms with E-state index in [1.165, 1.54) is 107 Å². The van der Waals surface area contributed by atoms with Crippen molar-refractivity contribution in [2.45, 2.75) is 115 Å². The number of hydrogen-bond acceptors (Lipinski definition) is 3. The molecule has 0 saturated carbocycles. The summed E-state index contributed by atoms with van der Waals surface area (Å²) in [5, 5.41) is 0. The molecule has 0 radical (unpaired) electrons. The molecule has 0 aliphatic rings. The van der Waals surface area contributed by atoms with Crippen molar-refractivity contribution in [2.75, 3.05) is 25.8 Å². The number of alkyl halides is 1. The zero-order chi connectivity index (χ0) is 20.1. The van der Waals surface area contributed by atoms with Gasteiger partial charge >= 0.3 is 8.80 Å². The molecular weight excluding hydrogens is 467 g/mol. The van der Waals surface area contributed by atoms with Crippen LogP contribution in [0.5, 0.6) is 0 Å². The van der Waals surface area contributed by atoms with Crippen LogP contribution in [0.3, 0.4) is 0 Å². The van der Waals surface area contributed by atoms with Crippen molar-refractivity contribution in [1.29, 1.82) is 0 Å². The average molecular weight is 515 g/mol. The summed E-state index contributed by atoms with van der Waals surface area (Å²) in [7, 11) is 2.78. The molecule has 0 spiro atoms. The minimum atomic E-state index is -2.33. The standard InChI is InChI=1S/C22H47IO3Si/c1-24-27(25-2,26-3)22-20-18-16-14-12-10-8-6-4-5-7-9-11-13-15-17-19-21-23/h4-22H2,1-3H3. The highest BCUT2D eigenvalue weighted by molar-refractivity contribution is 14.1. The van der Waals surface area contributed by atoms with Crippen molar-refractivity contribution in [2.24, 2.45) is 0 Å². The molecule has 0 N–H and O–H groups in total. The van der Waals surface area contributed by atoms with Crippen LogP contribution in [0.1, 0.15) is 109 Å². The Bertz CT molecular complexity index is 280. The van der Waals surface area contributed by atoms with E-state index in [1.54, 1.807) is 21.3 Å². The highest BCUT2D eigenvalue weighted by Crippen LogP contribution is 2.19. The van der Waals surface area contributed by atoms with Gasteiger partial charge in [0.25, 0.3) is 0 Å². The van der Waals surface area contributed by atoms with Crippen molar-refractivity contribution < 1.29 is 13.3 Å². The van der Waals surface area contributed by atoms with Crippen molar-refractivity contribution in [3.8, 4) is 0 Å². The lowest BCUT2D eigenvalue weighted by Crippen LogP contribution is -2.42. The van der Waals surface area contributed by atoms with Crippen molar-refractivity contribution in [3.05, 3.63) is 0 Å². The van der Waals surface area contributed by atoms with Crippen LogP contribution in [0.15, 0.2) is 0 Å². The molecule has 0 aliphatic carbocycles. The predicted octanol–water partition coefficient (Wildman–Crippen LogP) is 7.93. The van der Waals surface area contributed by atoms with E-state index in [4.69, 9.17) is 13.3 Å². The van der Waals surface area contributed by atoms with E-state index in [2.05, 4.69) is 22.6 Å². The Morgan fingerprint density at radius 2 is 0.704 bits per heavy atom. The summed E-state index contributed by atoms with van der Waals surface area (Å²) in [5.74, 6) is 0. The summed E-state index contributed by atoms with van der Waals surface area (Å²) in [6.45, 7) is 0.